The van der Waals surface area contributed by atoms with E-state index in [1.54, 1.807) is 11.4 Å². The normalized spacial score (nSPS) is 13.5. The Kier molecular flexibility index (Phi) is 6.72. The molecule has 0 saturated heterocycles. The zero-order chi connectivity index (χ0) is 17.7. The molecule has 1 heterocycles. The summed E-state index contributed by atoms with van der Waals surface area (Å²) in [5, 5.41) is 13.1. The van der Waals surface area contributed by atoms with Gasteiger partial charge in [-0.05, 0) is 29.7 Å². The Morgan fingerprint density at radius 1 is 1.35 bits per heavy atom. The molecule has 0 spiro atoms. The standard InChI is InChI=1S/C14H22N2O5S2/c1-14(2,3)7-6-10(13(18)19)16-11(17)9-15-23(20,21)12-5-4-8-22-12/h4-5,8,10,15H,6-7,9H2,1-3H3,(H,16,17)(H,18,19). The number of amides is 1. The molecule has 1 unspecified atom stereocenters. The van der Waals surface area contributed by atoms with Gasteiger partial charge in [0, 0.05) is 0 Å². The molecule has 9 heteroatoms. The van der Waals surface area contributed by atoms with Crippen molar-refractivity contribution in [2.75, 3.05) is 6.54 Å². The van der Waals surface area contributed by atoms with Crippen molar-refractivity contribution in [1.29, 1.82) is 0 Å². The summed E-state index contributed by atoms with van der Waals surface area (Å²) in [5.74, 6) is -1.81. The van der Waals surface area contributed by atoms with E-state index in [4.69, 9.17) is 5.11 Å². The molecule has 1 amide bonds. The van der Waals surface area contributed by atoms with Crippen LogP contribution in [-0.4, -0.2) is 38.0 Å². The highest BCUT2D eigenvalue weighted by Crippen LogP contribution is 2.21. The minimum Gasteiger partial charge on any atom is -0.480 e. The molecule has 3 N–H and O–H groups in total. The lowest BCUT2D eigenvalue weighted by Gasteiger charge is -2.21. The second kappa shape index (κ2) is 7.89. The molecule has 23 heavy (non-hydrogen) atoms. The van der Waals surface area contributed by atoms with Gasteiger partial charge < -0.3 is 10.4 Å². The average Bonchev–Trinajstić information content (AvgIpc) is 2.94. The van der Waals surface area contributed by atoms with E-state index in [0.29, 0.717) is 6.42 Å². The number of sulfonamides is 1. The molecule has 0 aliphatic carbocycles. The smallest absolute Gasteiger partial charge is 0.326 e. The Morgan fingerprint density at radius 2 is 2.00 bits per heavy atom. The Morgan fingerprint density at radius 3 is 2.48 bits per heavy atom. The maximum absolute atomic E-state index is 11.9. The lowest BCUT2D eigenvalue weighted by molar-refractivity contribution is -0.142. The maximum Gasteiger partial charge on any atom is 0.326 e. The highest BCUT2D eigenvalue weighted by atomic mass is 32.2. The number of rotatable bonds is 8. The molecular formula is C14H22N2O5S2. The number of thiophene rings is 1. The Bertz CT molecular complexity index is 633. The van der Waals surface area contributed by atoms with Crippen LogP contribution in [0.3, 0.4) is 0 Å². The molecular weight excluding hydrogens is 340 g/mol. The molecule has 0 saturated carbocycles. The first-order valence-corrected chi connectivity index (χ1v) is 9.43. The van der Waals surface area contributed by atoms with Gasteiger partial charge in [-0.3, -0.25) is 4.79 Å². The number of aliphatic carboxylic acids is 1. The topological polar surface area (TPSA) is 113 Å². The molecule has 0 fully saturated rings. The molecule has 1 atom stereocenters. The zero-order valence-electron chi connectivity index (χ0n) is 13.3. The van der Waals surface area contributed by atoms with Crippen LogP contribution in [0.1, 0.15) is 33.6 Å². The molecule has 0 bridgehead atoms. The number of nitrogens with one attached hydrogen (secondary N) is 2. The minimum atomic E-state index is -3.74. The van der Waals surface area contributed by atoms with Gasteiger partial charge in [-0.1, -0.05) is 26.8 Å². The Balaban J connectivity index is 2.55. The summed E-state index contributed by atoms with van der Waals surface area (Å²) in [4.78, 5) is 23.0. The first kappa shape index (κ1) is 19.6. The van der Waals surface area contributed by atoms with Gasteiger partial charge in [-0.25, -0.2) is 17.9 Å². The van der Waals surface area contributed by atoms with Crippen LogP contribution in [0, 0.1) is 5.41 Å². The van der Waals surface area contributed by atoms with E-state index in [0.717, 1.165) is 11.3 Å². The van der Waals surface area contributed by atoms with E-state index in [2.05, 4.69) is 10.0 Å². The van der Waals surface area contributed by atoms with Crippen molar-refractivity contribution in [1.82, 2.24) is 10.0 Å². The summed E-state index contributed by atoms with van der Waals surface area (Å²) in [7, 11) is -3.74. The lowest BCUT2D eigenvalue weighted by Crippen LogP contribution is -2.45. The fourth-order valence-corrected chi connectivity index (χ4v) is 3.75. The fraction of sp³-hybridized carbons (Fsp3) is 0.571. The van der Waals surface area contributed by atoms with Gasteiger partial charge in [-0.2, -0.15) is 0 Å². The molecule has 7 nitrogen and oxygen atoms in total. The highest BCUT2D eigenvalue weighted by molar-refractivity contribution is 7.91. The van der Waals surface area contributed by atoms with Gasteiger partial charge in [0.1, 0.15) is 10.3 Å². The SMILES string of the molecule is CC(C)(C)CCC(NC(=O)CNS(=O)(=O)c1cccs1)C(=O)O. The molecule has 1 aromatic heterocycles. The van der Waals surface area contributed by atoms with E-state index < -0.39 is 34.5 Å². The molecule has 1 rings (SSSR count). The highest BCUT2D eigenvalue weighted by Gasteiger charge is 2.23. The third kappa shape index (κ3) is 7.10. The molecule has 1 aromatic rings. The van der Waals surface area contributed by atoms with Crippen LogP contribution in [-0.2, 0) is 19.6 Å². The van der Waals surface area contributed by atoms with Crippen LogP contribution in [0.15, 0.2) is 21.7 Å². The number of hydrogen-bond acceptors (Lipinski definition) is 5. The molecule has 130 valence electrons. The fourth-order valence-electron chi connectivity index (χ4n) is 1.73. The summed E-state index contributed by atoms with van der Waals surface area (Å²) in [6.45, 7) is 5.42. The van der Waals surface area contributed by atoms with Gasteiger partial charge in [-0.15, -0.1) is 11.3 Å². The number of carboxylic acid groups (broad SMARTS) is 1. The molecule has 0 aliphatic rings. The van der Waals surface area contributed by atoms with Crippen LogP contribution in [0.4, 0.5) is 0 Å². The van der Waals surface area contributed by atoms with E-state index in [-0.39, 0.29) is 16.0 Å². The second-order valence-corrected chi connectivity index (χ2v) is 9.26. The van der Waals surface area contributed by atoms with Crippen molar-refractivity contribution in [3.8, 4) is 0 Å². The largest absolute Gasteiger partial charge is 0.480 e. The third-order valence-electron chi connectivity index (χ3n) is 3.00. The van der Waals surface area contributed by atoms with Crippen LogP contribution < -0.4 is 10.0 Å². The van der Waals surface area contributed by atoms with Gasteiger partial charge in [0.2, 0.25) is 5.91 Å². The quantitative estimate of drug-likeness (QED) is 0.647. The van der Waals surface area contributed by atoms with Crippen molar-refractivity contribution in [3.05, 3.63) is 17.5 Å². The number of hydrogen-bond donors (Lipinski definition) is 3. The first-order valence-electron chi connectivity index (χ1n) is 7.06. The van der Waals surface area contributed by atoms with Crippen LogP contribution in [0.2, 0.25) is 0 Å². The van der Waals surface area contributed by atoms with Gasteiger partial charge in [0.25, 0.3) is 10.0 Å². The van der Waals surface area contributed by atoms with Crippen molar-refractivity contribution in [3.63, 3.8) is 0 Å². The third-order valence-corrected chi connectivity index (χ3v) is 5.80. The van der Waals surface area contributed by atoms with Crippen molar-refractivity contribution in [2.45, 2.75) is 43.9 Å². The van der Waals surface area contributed by atoms with E-state index >= 15 is 0 Å². The molecule has 0 radical (unpaired) electrons. The molecule has 0 aromatic carbocycles. The minimum absolute atomic E-state index is 0.0564. The summed E-state index contributed by atoms with van der Waals surface area (Å²) in [6, 6.07) is 1.98. The predicted octanol–water partition coefficient (Wildman–Crippen LogP) is 1.42. The maximum atomic E-state index is 11.9. The van der Waals surface area contributed by atoms with E-state index in [9.17, 15) is 18.0 Å². The van der Waals surface area contributed by atoms with Gasteiger partial charge >= 0.3 is 5.97 Å². The Labute approximate surface area is 140 Å². The number of carboxylic acids is 1. The summed E-state index contributed by atoms with van der Waals surface area (Å²) >= 11 is 1.03. The van der Waals surface area contributed by atoms with Crippen molar-refractivity contribution >= 4 is 33.2 Å². The number of carbonyl (C=O) groups is 2. The Hall–Kier alpha value is -1.45. The van der Waals surface area contributed by atoms with Crippen molar-refractivity contribution < 1.29 is 23.1 Å². The van der Waals surface area contributed by atoms with Crippen LogP contribution >= 0.6 is 11.3 Å². The zero-order valence-corrected chi connectivity index (χ0v) is 15.0. The average molecular weight is 362 g/mol. The van der Waals surface area contributed by atoms with E-state index in [1.807, 2.05) is 20.8 Å². The van der Waals surface area contributed by atoms with Crippen LogP contribution in [0.5, 0.6) is 0 Å². The van der Waals surface area contributed by atoms with Gasteiger partial charge in [0.05, 0.1) is 6.54 Å². The number of carbonyl (C=O) groups excluding carboxylic acids is 1. The summed E-state index contributed by atoms with van der Waals surface area (Å²) in [5.41, 5.74) is -0.0564. The van der Waals surface area contributed by atoms with Crippen LogP contribution in [0.25, 0.3) is 0 Å². The monoisotopic (exact) mass is 362 g/mol. The summed E-state index contributed by atoms with van der Waals surface area (Å²) < 4.78 is 26.0. The molecule has 0 aliphatic heterocycles. The second-order valence-electron chi connectivity index (χ2n) is 6.31. The van der Waals surface area contributed by atoms with E-state index in [1.165, 1.54) is 6.07 Å². The van der Waals surface area contributed by atoms with Gasteiger partial charge in [0.15, 0.2) is 0 Å². The summed E-state index contributed by atoms with van der Waals surface area (Å²) in [6.07, 6.45) is 0.896. The van der Waals surface area contributed by atoms with Crippen molar-refractivity contribution in [2.24, 2.45) is 5.41 Å². The lowest BCUT2D eigenvalue weighted by atomic mass is 9.88. The first-order chi connectivity index (χ1) is 10.5. The predicted molar refractivity (Wildman–Crippen MR) is 87.8 cm³/mol.